The van der Waals surface area contributed by atoms with E-state index in [-0.39, 0.29) is 11.9 Å². The zero-order valence-corrected chi connectivity index (χ0v) is 12.1. The van der Waals surface area contributed by atoms with E-state index < -0.39 is 5.54 Å². The van der Waals surface area contributed by atoms with E-state index in [0.717, 1.165) is 24.5 Å². The number of carbonyl (C=O) groups is 1. The van der Waals surface area contributed by atoms with Gasteiger partial charge in [-0.05, 0) is 32.4 Å². The van der Waals surface area contributed by atoms with Crippen LogP contribution in [0.3, 0.4) is 0 Å². The first-order chi connectivity index (χ1) is 8.84. The van der Waals surface area contributed by atoms with Crippen LogP contribution in [0.25, 0.3) is 0 Å². The van der Waals surface area contributed by atoms with Gasteiger partial charge in [-0.1, -0.05) is 6.07 Å². The lowest BCUT2D eigenvalue weighted by Crippen LogP contribution is -2.62. The van der Waals surface area contributed by atoms with Crippen LogP contribution in [0, 0.1) is 0 Å². The summed E-state index contributed by atoms with van der Waals surface area (Å²) in [6.07, 6.45) is 1.79. The van der Waals surface area contributed by atoms with Gasteiger partial charge in [0.05, 0.1) is 0 Å². The zero-order valence-electron chi connectivity index (χ0n) is 12.1. The van der Waals surface area contributed by atoms with Crippen molar-refractivity contribution < 1.29 is 4.79 Å². The van der Waals surface area contributed by atoms with Gasteiger partial charge in [-0.15, -0.1) is 0 Å². The van der Waals surface area contributed by atoms with Gasteiger partial charge in [-0.3, -0.25) is 4.79 Å². The Bertz CT molecular complexity index is 467. The van der Waals surface area contributed by atoms with Crippen LogP contribution in [0.5, 0.6) is 0 Å². The average molecular weight is 262 g/mol. The summed E-state index contributed by atoms with van der Waals surface area (Å²) in [5.41, 5.74) is 6.26. The monoisotopic (exact) mass is 262 g/mol. The minimum absolute atomic E-state index is 0.0244. The molecule has 1 fully saturated rings. The lowest BCUT2D eigenvalue weighted by atomic mass is 9.97. The van der Waals surface area contributed by atoms with Crippen molar-refractivity contribution in [1.29, 1.82) is 0 Å². The van der Waals surface area contributed by atoms with Crippen LogP contribution in [-0.2, 0) is 4.79 Å². The van der Waals surface area contributed by atoms with Crippen LogP contribution < -0.4 is 10.6 Å². The van der Waals surface area contributed by atoms with Crippen molar-refractivity contribution in [1.82, 2.24) is 9.88 Å². The number of hydrogen-bond acceptors (Lipinski definition) is 4. The van der Waals surface area contributed by atoms with E-state index in [1.54, 1.807) is 11.1 Å². The number of amides is 1. The normalized spacial score (nSPS) is 20.6. The van der Waals surface area contributed by atoms with E-state index >= 15 is 0 Å². The first-order valence-electron chi connectivity index (χ1n) is 6.59. The number of pyridine rings is 1. The highest BCUT2D eigenvalue weighted by Crippen LogP contribution is 2.27. The number of anilines is 1. The smallest absolute Gasteiger partial charge is 0.247 e. The maximum atomic E-state index is 12.2. The minimum Gasteiger partial charge on any atom is -0.342 e. The van der Waals surface area contributed by atoms with E-state index in [1.165, 1.54) is 0 Å². The van der Waals surface area contributed by atoms with Gasteiger partial charge in [0.25, 0.3) is 0 Å². The molecule has 0 radical (unpaired) electrons. The van der Waals surface area contributed by atoms with Crippen molar-refractivity contribution >= 4 is 11.7 Å². The molecular formula is C14H22N4O. The molecule has 2 rings (SSSR count). The number of nitrogens with two attached hydrogens (primary N) is 1. The summed E-state index contributed by atoms with van der Waals surface area (Å²) in [4.78, 5) is 20.5. The quantitative estimate of drug-likeness (QED) is 0.868. The Morgan fingerprint density at radius 2 is 2.05 bits per heavy atom. The fourth-order valence-corrected chi connectivity index (χ4v) is 2.44. The van der Waals surface area contributed by atoms with Crippen molar-refractivity contribution in [3.63, 3.8) is 0 Å². The fraction of sp³-hybridized carbons (Fsp3) is 0.571. The maximum absolute atomic E-state index is 12.2. The second kappa shape index (κ2) is 4.81. The summed E-state index contributed by atoms with van der Waals surface area (Å²) < 4.78 is 0. The van der Waals surface area contributed by atoms with Gasteiger partial charge in [0.15, 0.2) is 0 Å². The van der Waals surface area contributed by atoms with Crippen LogP contribution in [-0.4, -0.2) is 41.5 Å². The Balaban J connectivity index is 2.28. The Morgan fingerprint density at radius 1 is 1.37 bits per heavy atom. The summed E-state index contributed by atoms with van der Waals surface area (Å²) in [7, 11) is 1.84. The Kier molecular flexibility index (Phi) is 3.49. The SMILES string of the molecule is C[C@@H](N)c1ccc(N2CCN(C)C(=O)C2(C)C)nc1. The highest BCUT2D eigenvalue weighted by molar-refractivity contribution is 5.90. The van der Waals surface area contributed by atoms with Gasteiger partial charge in [0.2, 0.25) is 5.91 Å². The zero-order chi connectivity index (χ0) is 14.2. The number of nitrogens with zero attached hydrogens (tertiary/aromatic N) is 3. The molecule has 0 saturated carbocycles. The molecular weight excluding hydrogens is 240 g/mol. The fourth-order valence-electron chi connectivity index (χ4n) is 2.44. The van der Waals surface area contributed by atoms with Crippen LogP contribution in [0.15, 0.2) is 18.3 Å². The molecule has 1 aromatic heterocycles. The predicted molar refractivity (Wildman–Crippen MR) is 75.9 cm³/mol. The molecule has 1 atom stereocenters. The molecule has 0 bridgehead atoms. The Labute approximate surface area is 114 Å². The average Bonchev–Trinajstić information content (AvgIpc) is 2.36. The number of rotatable bonds is 2. The first kappa shape index (κ1) is 13.8. The molecule has 5 heteroatoms. The van der Waals surface area contributed by atoms with Crippen LogP contribution in [0.2, 0.25) is 0 Å². The van der Waals surface area contributed by atoms with Gasteiger partial charge >= 0.3 is 0 Å². The number of carbonyl (C=O) groups excluding carboxylic acids is 1. The molecule has 1 aliphatic heterocycles. The summed E-state index contributed by atoms with van der Waals surface area (Å²) in [6.45, 7) is 7.32. The third-order valence-electron chi connectivity index (χ3n) is 3.78. The predicted octanol–water partition coefficient (Wildman–Crippen LogP) is 1.16. The van der Waals surface area contributed by atoms with Gasteiger partial charge in [0.1, 0.15) is 11.4 Å². The second-order valence-corrected chi connectivity index (χ2v) is 5.68. The maximum Gasteiger partial charge on any atom is 0.247 e. The molecule has 0 unspecified atom stereocenters. The molecule has 0 aliphatic carbocycles. The van der Waals surface area contributed by atoms with E-state index in [9.17, 15) is 4.79 Å². The molecule has 1 amide bonds. The highest BCUT2D eigenvalue weighted by atomic mass is 16.2. The molecule has 0 spiro atoms. The number of aromatic nitrogens is 1. The lowest BCUT2D eigenvalue weighted by molar-refractivity contribution is -0.136. The minimum atomic E-state index is -0.560. The topological polar surface area (TPSA) is 62.5 Å². The number of piperazine rings is 1. The van der Waals surface area contributed by atoms with Crippen molar-refractivity contribution in [3.05, 3.63) is 23.9 Å². The molecule has 5 nitrogen and oxygen atoms in total. The molecule has 1 saturated heterocycles. The van der Waals surface area contributed by atoms with E-state index in [0.29, 0.717) is 0 Å². The van der Waals surface area contributed by atoms with Crippen molar-refractivity contribution in [2.24, 2.45) is 5.73 Å². The van der Waals surface area contributed by atoms with Crippen LogP contribution in [0.4, 0.5) is 5.82 Å². The van der Waals surface area contributed by atoms with Crippen LogP contribution in [0.1, 0.15) is 32.4 Å². The molecule has 2 N–H and O–H groups in total. The van der Waals surface area contributed by atoms with E-state index in [2.05, 4.69) is 9.88 Å². The third kappa shape index (κ3) is 2.42. The Hall–Kier alpha value is -1.62. The number of hydrogen-bond donors (Lipinski definition) is 1. The molecule has 1 aromatic rings. The second-order valence-electron chi connectivity index (χ2n) is 5.68. The van der Waals surface area contributed by atoms with Gasteiger partial charge < -0.3 is 15.5 Å². The van der Waals surface area contributed by atoms with Gasteiger partial charge in [-0.25, -0.2) is 4.98 Å². The first-order valence-corrected chi connectivity index (χ1v) is 6.59. The molecule has 104 valence electrons. The van der Waals surface area contributed by atoms with Crippen molar-refractivity contribution in [2.75, 3.05) is 25.0 Å². The van der Waals surface area contributed by atoms with Crippen molar-refractivity contribution in [2.45, 2.75) is 32.4 Å². The van der Waals surface area contributed by atoms with Crippen LogP contribution >= 0.6 is 0 Å². The Morgan fingerprint density at radius 3 is 2.58 bits per heavy atom. The molecule has 19 heavy (non-hydrogen) atoms. The summed E-state index contributed by atoms with van der Waals surface area (Å²) in [5.74, 6) is 0.952. The highest BCUT2D eigenvalue weighted by Gasteiger charge is 2.41. The largest absolute Gasteiger partial charge is 0.342 e. The third-order valence-corrected chi connectivity index (χ3v) is 3.78. The number of likely N-dealkylation sites (N-methyl/N-ethyl adjacent to an activating group) is 1. The molecule has 2 heterocycles. The van der Waals surface area contributed by atoms with Crippen molar-refractivity contribution in [3.8, 4) is 0 Å². The standard InChI is InChI=1S/C14H22N4O/c1-10(15)11-5-6-12(16-9-11)18-8-7-17(4)13(19)14(18,2)3/h5-6,9-10H,7-8,15H2,1-4H3/t10-/m1/s1. The van der Waals surface area contributed by atoms with Gasteiger partial charge in [-0.2, -0.15) is 0 Å². The summed E-state index contributed by atoms with van der Waals surface area (Å²) in [5, 5.41) is 0. The molecule has 1 aliphatic rings. The van der Waals surface area contributed by atoms with Gasteiger partial charge in [0, 0.05) is 32.4 Å². The summed E-state index contributed by atoms with van der Waals surface area (Å²) >= 11 is 0. The molecule has 0 aromatic carbocycles. The van der Waals surface area contributed by atoms with E-state index in [1.807, 2.05) is 40.0 Å². The summed E-state index contributed by atoms with van der Waals surface area (Å²) in [6, 6.07) is 3.90. The van der Waals surface area contributed by atoms with E-state index in [4.69, 9.17) is 5.73 Å². The lowest BCUT2D eigenvalue weighted by Gasteiger charge is -2.45.